The summed E-state index contributed by atoms with van der Waals surface area (Å²) < 4.78 is 10.5. The summed E-state index contributed by atoms with van der Waals surface area (Å²) in [5, 5.41) is 0. The minimum atomic E-state index is -0.320. The number of ether oxygens (including phenoxy) is 2. The predicted octanol–water partition coefficient (Wildman–Crippen LogP) is 2.04. The standard InChI is InChI=1S/C13H18O4/c1-7(14)16-11-6-12(17-8(2)15)10-5-9(11)13(10,3)4/h6,9-11H,5H2,1-4H3/t9-,10+,11+/m1/s1. The number of rotatable bonds is 2. The Balaban J connectivity index is 2.23. The molecule has 0 spiro atoms. The normalized spacial score (nSPS) is 33.2. The second-order valence-electron chi connectivity index (χ2n) is 5.45. The first-order chi connectivity index (χ1) is 7.82. The van der Waals surface area contributed by atoms with E-state index in [2.05, 4.69) is 13.8 Å². The second-order valence-corrected chi connectivity index (χ2v) is 5.45. The van der Waals surface area contributed by atoms with Crippen LogP contribution in [0.25, 0.3) is 0 Å². The van der Waals surface area contributed by atoms with Crippen LogP contribution in [0.15, 0.2) is 11.8 Å². The molecule has 0 amide bonds. The molecule has 94 valence electrons. The zero-order chi connectivity index (χ0) is 12.8. The fourth-order valence-electron chi connectivity index (χ4n) is 2.97. The molecule has 0 N–H and O–H groups in total. The van der Waals surface area contributed by atoms with Crippen molar-refractivity contribution in [3.8, 4) is 0 Å². The molecule has 4 nitrogen and oxygen atoms in total. The smallest absolute Gasteiger partial charge is 0.307 e. The lowest BCUT2D eigenvalue weighted by Gasteiger charge is -2.57. The van der Waals surface area contributed by atoms with Gasteiger partial charge >= 0.3 is 11.9 Å². The molecule has 1 fully saturated rings. The first-order valence-corrected chi connectivity index (χ1v) is 5.89. The SMILES string of the molecule is CC(=O)OC1=C[C@H](OC(C)=O)[C@H]2C[C@@H]1C2(C)C. The van der Waals surface area contributed by atoms with E-state index >= 15 is 0 Å². The molecule has 1 saturated carbocycles. The van der Waals surface area contributed by atoms with E-state index < -0.39 is 0 Å². The van der Waals surface area contributed by atoms with Crippen molar-refractivity contribution in [1.29, 1.82) is 0 Å². The van der Waals surface area contributed by atoms with Crippen LogP contribution in [0.5, 0.6) is 0 Å². The summed E-state index contributed by atoms with van der Waals surface area (Å²) in [5.74, 6) is 0.642. The van der Waals surface area contributed by atoms with Crippen molar-refractivity contribution in [1.82, 2.24) is 0 Å². The molecule has 0 aliphatic heterocycles. The number of hydrogen-bond acceptors (Lipinski definition) is 4. The molecule has 2 bridgehead atoms. The van der Waals surface area contributed by atoms with Crippen LogP contribution < -0.4 is 0 Å². The number of fused-ring (bicyclic) bond motifs is 1. The Morgan fingerprint density at radius 2 is 1.94 bits per heavy atom. The van der Waals surface area contributed by atoms with Gasteiger partial charge in [-0.2, -0.15) is 0 Å². The van der Waals surface area contributed by atoms with Gasteiger partial charge < -0.3 is 9.47 Å². The third-order valence-electron chi connectivity index (χ3n) is 3.98. The maximum absolute atomic E-state index is 11.1. The largest absolute Gasteiger partial charge is 0.458 e. The molecular formula is C13H18O4. The van der Waals surface area contributed by atoms with Crippen molar-refractivity contribution in [2.24, 2.45) is 17.3 Å². The van der Waals surface area contributed by atoms with Crippen LogP contribution >= 0.6 is 0 Å². The van der Waals surface area contributed by atoms with E-state index in [1.807, 2.05) is 0 Å². The average molecular weight is 238 g/mol. The summed E-state index contributed by atoms with van der Waals surface area (Å²) in [6.07, 6.45) is 2.44. The Morgan fingerprint density at radius 3 is 2.41 bits per heavy atom. The molecule has 0 heterocycles. The molecule has 3 rings (SSSR count). The molecule has 0 saturated heterocycles. The van der Waals surface area contributed by atoms with Gasteiger partial charge in [-0.3, -0.25) is 9.59 Å². The van der Waals surface area contributed by atoms with Crippen LogP contribution in [-0.2, 0) is 19.1 Å². The van der Waals surface area contributed by atoms with E-state index in [1.165, 1.54) is 13.8 Å². The highest BCUT2D eigenvalue weighted by molar-refractivity contribution is 5.68. The summed E-state index contributed by atoms with van der Waals surface area (Å²) in [4.78, 5) is 22.1. The number of esters is 2. The number of carbonyl (C=O) groups excluding carboxylic acids is 2. The van der Waals surface area contributed by atoms with Gasteiger partial charge in [0.25, 0.3) is 0 Å². The van der Waals surface area contributed by atoms with Gasteiger partial charge in [-0.1, -0.05) is 13.8 Å². The molecule has 0 aromatic heterocycles. The first kappa shape index (κ1) is 12.1. The van der Waals surface area contributed by atoms with E-state index in [4.69, 9.17) is 9.47 Å². The summed E-state index contributed by atoms with van der Waals surface area (Å²) in [6.45, 7) is 7.04. The van der Waals surface area contributed by atoms with Gasteiger partial charge in [-0.05, 0) is 17.9 Å². The molecule has 0 aromatic carbocycles. The highest BCUT2D eigenvalue weighted by atomic mass is 16.6. The van der Waals surface area contributed by atoms with Crippen molar-refractivity contribution in [2.75, 3.05) is 0 Å². The van der Waals surface area contributed by atoms with E-state index in [1.54, 1.807) is 6.08 Å². The van der Waals surface area contributed by atoms with Gasteiger partial charge in [-0.15, -0.1) is 0 Å². The molecule has 0 aromatic rings. The van der Waals surface area contributed by atoms with Crippen molar-refractivity contribution in [3.63, 3.8) is 0 Å². The van der Waals surface area contributed by atoms with E-state index in [0.717, 1.165) is 6.42 Å². The summed E-state index contributed by atoms with van der Waals surface area (Å²) in [7, 11) is 0. The Bertz CT molecular complexity index is 394. The van der Waals surface area contributed by atoms with Crippen LogP contribution in [0.1, 0.15) is 34.1 Å². The highest BCUT2D eigenvalue weighted by Gasteiger charge is 2.57. The lowest BCUT2D eigenvalue weighted by Crippen LogP contribution is -2.55. The summed E-state index contributed by atoms with van der Waals surface area (Å²) >= 11 is 0. The van der Waals surface area contributed by atoms with Gasteiger partial charge in [0.15, 0.2) is 0 Å². The number of hydrogen-bond donors (Lipinski definition) is 0. The van der Waals surface area contributed by atoms with Crippen LogP contribution in [0, 0.1) is 17.3 Å². The zero-order valence-corrected chi connectivity index (χ0v) is 10.6. The fraction of sp³-hybridized carbons (Fsp3) is 0.692. The van der Waals surface area contributed by atoms with Crippen molar-refractivity contribution in [3.05, 3.63) is 11.8 Å². The molecule has 0 radical (unpaired) electrons. The van der Waals surface area contributed by atoms with Crippen LogP contribution in [0.4, 0.5) is 0 Å². The Labute approximate surface area is 101 Å². The Kier molecular flexibility index (Phi) is 2.76. The van der Waals surface area contributed by atoms with E-state index in [-0.39, 0.29) is 29.4 Å². The van der Waals surface area contributed by atoms with Crippen molar-refractivity contribution in [2.45, 2.75) is 40.2 Å². The quantitative estimate of drug-likeness (QED) is 0.691. The molecule has 4 heteroatoms. The highest BCUT2D eigenvalue weighted by Crippen LogP contribution is 2.60. The van der Waals surface area contributed by atoms with Gasteiger partial charge in [-0.25, -0.2) is 0 Å². The van der Waals surface area contributed by atoms with Crippen LogP contribution in [-0.4, -0.2) is 18.0 Å². The van der Waals surface area contributed by atoms with Crippen LogP contribution in [0.3, 0.4) is 0 Å². The molecule has 3 atom stereocenters. The Morgan fingerprint density at radius 1 is 1.29 bits per heavy atom. The Hall–Kier alpha value is -1.32. The lowest BCUT2D eigenvalue weighted by molar-refractivity contribution is -0.164. The monoisotopic (exact) mass is 238 g/mol. The maximum Gasteiger partial charge on any atom is 0.307 e. The van der Waals surface area contributed by atoms with Gasteiger partial charge in [0, 0.05) is 25.7 Å². The maximum atomic E-state index is 11.1. The van der Waals surface area contributed by atoms with Gasteiger partial charge in [0.2, 0.25) is 0 Å². The zero-order valence-electron chi connectivity index (χ0n) is 10.6. The second kappa shape index (κ2) is 3.86. The minimum Gasteiger partial charge on any atom is -0.458 e. The molecular weight excluding hydrogens is 220 g/mol. The average Bonchev–Trinajstić information content (AvgIpc) is 2.13. The molecule has 3 aliphatic rings. The fourth-order valence-corrected chi connectivity index (χ4v) is 2.97. The summed E-state index contributed by atoms with van der Waals surface area (Å²) in [6, 6.07) is 0. The van der Waals surface area contributed by atoms with Gasteiger partial charge in [0.1, 0.15) is 11.9 Å². The molecule has 17 heavy (non-hydrogen) atoms. The van der Waals surface area contributed by atoms with E-state index in [0.29, 0.717) is 11.7 Å². The van der Waals surface area contributed by atoms with E-state index in [9.17, 15) is 9.59 Å². The summed E-state index contributed by atoms with van der Waals surface area (Å²) in [5.41, 5.74) is 0.0274. The molecule has 3 aliphatic carbocycles. The third-order valence-corrected chi connectivity index (χ3v) is 3.98. The molecule has 0 unspecified atom stereocenters. The predicted molar refractivity (Wildman–Crippen MR) is 60.8 cm³/mol. The lowest BCUT2D eigenvalue weighted by atomic mass is 9.49. The topological polar surface area (TPSA) is 52.6 Å². The first-order valence-electron chi connectivity index (χ1n) is 5.89. The van der Waals surface area contributed by atoms with Gasteiger partial charge in [0.05, 0.1) is 0 Å². The number of allylic oxidation sites excluding steroid dienone is 1. The van der Waals surface area contributed by atoms with Crippen LogP contribution in [0.2, 0.25) is 0 Å². The number of carbonyl (C=O) groups is 2. The minimum absolute atomic E-state index is 0.0274. The van der Waals surface area contributed by atoms with Crippen molar-refractivity contribution >= 4 is 11.9 Å². The van der Waals surface area contributed by atoms with Crippen molar-refractivity contribution < 1.29 is 19.1 Å². The third kappa shape index (κ3) is 1.96.